The van der Waals surface area contributed by atoms with E-state index in [1.165, 1.54) is 20.5 Å². The summed E-state index contributed by atoms with van der Waals surface area (Å²) in [5.74, 6) is 0.0422. The van der Waals surface area contributed by atoms with Gasteiger partial charge in [-0.05, 0) is 62.8 Å². The molecule has 3 rings (SSSR count). The Morgan fingerprint density at radius 3 is 2.53 bits per heavy atom. The molecule has 2 amide bonds. The maximum Gasteiger partial charge on any atom is 0.332 e. The van der Waals surface area contributed by atoms with Crippen molar-refractivity contribution in [1.82, 2.24) is 19.8 Å². The van der Waals surface area contributed by atoms with Crippen LogP contribution in [-0.4, -0.2) is 33.5 Å². The number of nitrogens with one attached hydrogen (secondary N) is 2. The van der Waals surface area contributed by atoms with Gasteiger partial charge in [0.25, 0.3) is 5.56 Å². The van der Waals surface area contributed by atoms with E-state index >= 15 is 0 Å². The lowest BCUT2D eigenvalue weighted by Gasteiger charge is -2.28. The SMILES string of the molecule is CCCNC(=O)C1CCC(Cn2c(=O)c3sccc3n(CC(=O)N[C@H](C)CC)c2=O)CC1. The first-order chi connectivity index (χ1) is 15.3. The fourth-order valence-electron chi connectivity index (χ4n) is 4.27. The molecule has 1 aliphatic rings. The number of amides is 2. The maximum absolute atomic E-state index is 13.2. The van der Waals surface area contributed by atoms with Gasteiger partial charge < -0.3 is 10.6 Å². The van der Waals surface area contributed by atoms with E-state index in [-0.39, 0.29) is 41.8 Å². The largest absolute Gasteiger partial charge is 0.356 e. The Kier molecular flexibility index (Phi) is 8.28. The van der Waals surface area contributed by atoms with Crippen LogP contribution in [0.4, 0.5) is 0 Å². The highest BCUT2D eigenvalue weighted by molar-refractivity contribution is 7.17. The van der Waals surface area contributed by atoms with Crippen molar-refractivity contribution in [1.29, 1.82) is 0 Å². The van der Waals surface area contributed by atoms with Crippen molar-refractivity contribution in [2.24, 2.45) is 11.8 Å². The van der Waals surface area contributed by atoms with Gasteiger partial charge in [0.1, 0.15) is 11.2 Å². The van der Waals surface area contributed by atoms with Crippen molar-refractivity contribution < 1.29 is 9.59 Å². The molecular weight excluding hydrogens is 428 g/mol. The van der Waals surface area contributed by atoms with E-state index in [0.29, 0.717) is 23.3 Å². The number of hydrogen-bond donors (Lipinski definition) is 2. The molecule has 0 spiro atoms. The number of hydrogen-bond acceptors (Lipinski definition) is 5. The standard InChI is InChI=1S/C23H34N4O4S/c1-4-11-24-21(29)17-8-6-16(7-9-17)13-27-22(30)20-18(10-12-32-20)26(23(27)31)14-19(28)25-15(3)5-2/h10,12,15-17H,4-9,11,13-14H2,1-3H3,(H,24,29)(H,25,28)/t15-,16?,17?/m1/s1. The van der Waals surface area contributed by atoms with Gasteiger partial charge in [0, 0.05) is 25.0 Å². The topological polar surface area (TPSA) is 102 Å². The summed E-state index contributed by atoms with van der Waals surface area (Å²) >= 11 is 1.29. The summed E-state index contributed by atoms with van der Waals surface area (Å²) in [6.45, 7) is 6.83. The molecule has 0 aromatic carbocycles. The molecule has 0 unspecified atom stereocenters. The summed E-state index contributed by atoms with van der Waals surface area (Å²) < 4.78 is 3.19. The van der Waals surface area contributed by atoms with Crippen LogP contribution in [0.25, 0.3) is 10.2 Å². The van der Waals surface area contributed by atoms with E-state index in [9.17, 15) is 19.2 Å². The number of fused-ring (bicyclic) bond motifs is 1. The molecule has 1 fully saturated rings. The van der Waals surface area contributed by atoms with E-state index in [2.05, 4.69) is 10.6 Å². The number of carbonyl (C=O) groups excluding carboxylic acids is 2. The number of carbonyl (C=O) groups is 2. The summed E-state index contributed by atoms with van der Waals surface area (Å²) in [5, 5.41) is 7.63. The molecular formula is C23H34N4O4S. The number of rotatable bonds is 9. The number of thiophene rings is 1. The van der Waals surface area contributed by atoms with Crippen molar-refractivity contribution in [3.05, 3.63) is 32.3 Å². The minimum atomic E-state index is -0.442. The minimum absolute atomic E-state index is 0.00945. The molecule has 2 aromatic rings. The highest BCUT2D eigenvalue weighted by Crippen LogP contribution is 2.29. The molecule has 0 aliphatic heterocycles. The summed E-state index contributed by atoms with van der Waals surface area (Å²) in [4.78, 5) is 51.0. The lowest BCUT2D eigenvalue weighted by Crippen LogP contribution is -2.44. The summed E-state index contributed by atoms with van der Waals surface area (Å²) in [7, 11) is 0. The summed E-state index contributed by atoms with van der Waals surface area (Å²) in [5.41, 5.74) is -0.221. The van der Waals surface area contributed by atoms with Crippen molar-refractivity contribution in [2.45, 2.75) is 78.4 Å². The van der Waals surface area contributed by atoms with Gasteiger partial charge >= 0.3 is 5.69 Å². The molecule has 2 heterocycles. The third-order valence-electron chi connectivity index (χ3n) is 6.37. The van der Waals surface area contributed by atoms with Gasteiger partial charge in [-0.2, -0.15) is 0 Å². The number of nitrogens with zero attached hydrogens (tertiary/aromatic N) is 2. The molecule has 8 nitrogen and oxygen atoms in total. The van der Waals surface area contributed by atoms with Crippen LogP contribution in [0.3, 0.4) is 0 Å². The second-order valence-electron chi connectivity index (χ2n) is 8.80. The molecule has 1 aliphatic carbocycles. The highest BCUT2D eigenvalue weighted by Gasteiger charge is 2.27. The van der Waals surface area contributed by atoms with Crippen LogP contribution in [0.5, 0.6) is 0 Å². The Labute approximate surface area is 192 Å². The molecule has 1 atom stereocenters. The highest BCUT2D eigenvalue weighted by atomic mass is 32.1. The third kappa shape index (κ3) is 5.49. The van der Waals surface area contributed by atoms with Crippen molar-refractivity contribution >= 4 is 33.4 Å². The van der Waals surface area contributed by atoms with Crippen LogP contribution < -0.4 is 21.9 Å². The van der Waals surface area contributed by atoms with Crippen molar-refractivity contribution in [3.8, 4) is 0 Å². The van der Waals surface area contributed by atoms with Gasteiger partial charge in [0.15, 0.2) is 0 Å². The van der Waals surface area contributed by atoms with E-state index < -0.39 is 5.69 Å². The van der Waals surface area contributed by atoms with Gasteiger partial charge in [-0.15, -0.1) is 11.3 Å². The molecule has 176 valence electrons. The van der Waals surface area contributed by atoms with E-state index in [0.717, 1.165) is 38.5 Å². The first-order valence-corrected chi connectivity index (χ1v) is 12.5. The third-order valence-corrected chi connectivity index (χ3v) is 7.26. The van der Waals surface area contributed by atoms with Gasteiger partial charge in [0.05, 0.1) is 5.52 Å². The molecule has 0 bridgehead atoms. The second-order valence-corrected chi connectivity index (χ2v) is 9.72. The van der Waals surface area contributed by atoms with Gasteiger partial charge in [-0.25, -0.2) is 4.79 Å². The maximum atomic E-state index is 13.2. The molecule has 32 heavy (non-hydrogen) atoms. The number of aromatic nitrogens is 2. The quantitative estimate of drug-likeness (QED) is 0.598. The van der Waals surface area contributed by atoms with Crippen LogP contribution in [0.15, 0.2) is 21.0 Å². The Hall–Kier alpha value is -2.42. The van der Waals surface area contributed by atoms with Crippen molar-refractivity contribution in [3.63, 3.8) is 0 Å². The van der Waals surface area contributed by atoms with Crippen LogP contribution in [0.2, 0.25) is 0 Å². The fraction of sp³-hybridized carbons (Fsp3) is 0.652. The second kappa shape index (κ2) is 10.9. The van der Waals surface area contributed by atoms with Crippen molar-refractivity contribution in [2.75, 3.05) is 6.54 Å². The smallest absolute Gasteiger partial charge is 0.332 e. The molecule has 9 heteroatoms. The lowest BCUT2D eigenvalue weighted by atomic mass is 9.81. The average molecular weight is 463 g/mol. The predicted molar refractivity (Wildman–Crippen MR) is 127 cm³/mol. The Bertz CT molecular complexity index is 1060. The zero-order valence-corrected chi connectivity index (χ0v) is 20.0. The van der Waals surface area contributed by atoms with E-state index in [1.807, 2.05) is 20.8 Å². The molecule has 0 saturated heterocycles. The lowest BCUT2D eigenvalue weighted by molar-refractivity contribution is -0.126. The first kappa shape index (κ1) is 24.2. The van der Waals surface area contributed by atoms with Crippen LogP contribution >= 0.6 is 11.3 Å². The average Bonchev–Trinajstić information content (AvgIpc) is 3.28. The van der Waals surface area contributed by atoms with Crippen LogP contribution in [0, 0.1) is 11.8 Å². The fourth-order valence-corrected chi connectivity index (χ4v) is 5.11. The first-order valence-electron chi connectivity index (χ1n) is 11.6. The molecule has 2 aromatic heterocycles. The van der Waals surface area contributed by atoms with Gasteiger partial charge in [0.2, 0.25) is 11.8 Å². The Balaban J connectivity index is 1.78. The Morgan fingerprint density at radius 1 is 1.16 bits per heavy atom. The van der Waals surface area contributed by atoms with Crippen LogP contribution in [-0.2, 0) is 22.7 Å². The molecule has 1 saturated carbocycles. The predicted octanol–water partition coefficient (Wildman–Crippen LogP) is 2.47. The molecule has 2 N–H and O–H groups in total. The van der Waals surface area contributed by atoms with E-state index in [1.54, 1.807) is 11.4 Å². The summed E-state index contributed by atoms with van der Waals surface area (Å²) in [6, 6.07) is 1.75. The van der Waals surface area contributed by atoms with Gasteiger partial charge in [-0.1, -0.05) is 13.8 Å². The summed E-state index contributed by atoms with van der Waals surface area (Å²) in [6.07, 6.45) is 4.84. The van der Waals surface area contributed by atoms with Gasteiger partial charge in [-0.3, -0.25) is 23.5 Å². The Morgan fingerprint density at radius 2 is 1.88 bits per heavy atom. The zero-order valence-electron chi connectivity index (χ0n) is 19.2. The van der Waals surface area contributed by atoms with E-state index in [4.69, 9.17) is 0 Å². The zero-order chi connectivity index (χ0) is 23.3. The normalized spacial score (nSPS) is 19.6. The molecule has 0 radical (unpaired) electrons. The monoisotopic (exact) mass is 462 g/mol. The van der Waals surface area contributed by atoms with Crippen LogP contribution in [0.1, 0.15) is 59.3 Å². The minimum Gasteiger partial charge on any atom is -0.356 e.